The quantitative estimate of drug-likeness (QED) is 0.428. The molecule has 0 aliphatic rings. The molecule has 6 heteroatoms. The van der Waals surface area contributed by atoms with Crippen molar-refractivity contribution in [2.75, 3.05) is 0 Å². The smallest absolute Gasteiger partial charge is 0.416 e. The number of nitrogens with zero attached hydrogens (tertiary/aromatic N) is 2. The maximum absolute atomic E-state index is 12.7. The van der Waals surface area contributed by atoms with Gasteiger partial charge in [-0.15, -0.1) is 0 Å². The molecule has 152 valence electrons. The van der Waals surface area contributed by atoms with E-state index in [1.807, 2.05) is 44.2 Å². The van der Waals surface area contributed by atoms with Crippen LogP contribution < -0.4 is 0 Å². The van der Waals surface area contributed by atoms with Crippen molar-refractivity contribution in [2.24, 2.45) is 0 Å². The normalized spacial score (nSPS) is 10.7. The largest absolute Gasteiger partial charge is 0.489 e. The van der Waals surface area contributed by atoms with Crippen LogP contribution in [0.15, 0.2) is 74.0 Å². The summed E-state index contributed by atoms with van der Waals surface area (Å²) in [5.41, 5.74) is 1.98. The lowest BCUT2D eigenvalue weighted by Crippen LogP contribution is -2.06. The van der Waals surface area contributed by atoms with E-state index in [9.17, 15) is 13.2 Å². The Morgan fingerprint density at radius 3 is 2.24 bits per heavy atom. The minimum absolute atomic E-state index is 0.349. The zero-order chi connectivity index (χ0) is 21.4. The number of benzene rings is 2. The van der Waals surface area contributed by atoms with Crippen molar-refractivity contribution in [3.63, 3.8) is 0 Å². The van der Waals surface area contributed by atoms with E-state index in [4.69, 9.17) is 4.74 Å². The molecule has 1 heterocycles. The van der Waals surface area contributed by atoms with Crippen LogP contribution in [0.25, 0.3) is 17.5 Å². The number of ether oxygens (including phenoxy) is 1. The molecule has 0 radical (unpaired) electrons. The first-order chi connectivity index (χ1) is 13.9. The molecular weight excluding hydrogens is 377 g/mol. The topological polar surface area (TPSA) is 27.1 Å². The van der Waals surface area contributed by atoms with Crippen LogP contribution in [0.3, 0.4) is 0 Å². The molecule has 0 fully saturated rings. The van der Waals surface area contributed by atoms with Crippen molar-refractivity contribution >= 4 is 11.8 Å². The third kappa shape index (κ3) is 5.38. The fourth-order valence-electron chi connectivity index (χ4n) is 2.59. The number of aromatic nitrogens is 2. The minimum atomic E-state index is -4.38. The molecule has 0 unspecified atom stereocenters. The molecular formula is C23H23F3N2O. The van der Waals surface area contributed by atoms with Crippen LogP contribution in [-0.4, -0.2) is 9.78 Å². The van der Waals surface area contributed by atoms with Gasteiger partial charge in [0.15, 0.2) is 0 Å². The van der Waals surface area contributed by atoms with Gasteiger partial charge in [-0.05, 0) is 35.9 Å². The Morgan fingerprint density at radius 1 is 1.07 bits per heavy atom. The fourth-order valence-corrected chi connectivity index (χ4v) is 2.59. The number of hydrogen-bond acceptors (Lipinski definition) is 2. The summed E-state index contributed by atoms with van der Waals surface area (Å²) in [6.07, 6.45) is -1.26. The maximum Gasteiger partial charge on any atom is 0.416 e. The van der Waals surface area contributed by atoms with Crippen molar-refractivity contribution < 1.29 is 17.9 Å². The lowest BCUT2D eigenvalue weighted by Gasteiger charge is -2.11. The van der Waals surface area contributed by atoms with Crippen LogP contribution in [0.1, 0.15) is 36.2 Å². The van der Waals surface area contributed by atoms with Crippen molar-refractivity contribution in [2.45, 2.75) is 26.6 Å². The monoisotopic (exact) mass is 400 g/mol. The van der Waals surface area contributed by atoms with E-state index in [2.05, 4.69) is 18.3 Å². The van der Waals surface area contributed by atoms with Gasteiger partial charge in [-0.2, -0.15) is 18.3 Å². The highest BCUT2D eigenvalue weighted by atomic mass is 19.4. The minimum Gasteiger partial charge on any atom is -0.489 e. The SMILES string of the molecule is C=Cc1c(C(=C)OCc2ccccc2)cnn1-c1ccc(C(F)(F)F)cc1.CC. The summed E-state index contributed by atoms with van der Waals surface area (Å²) in [4.78, 5) is 0. The molecule has 3 aromatic rings. The maximum atomic E-state index is 12.7. The predicted octanol–water partition coefficient (Wildman–Crippen LogP) is 6.75. The highest BCUT2D eigenvalue weighted by Gasteiger charge is 2.30. The van der Waals surface area contributed by atoms with Gasteiger partial charge < -0.3 is 4.74 Å². The number of rotatable bonds is 6. The number of hydrogen-bond donors (Lipinski definition) is 0. The molecule has 0 saturated carbocycles. The molecule has 0 saturated heterocycles. The average Bonchev–Trinajstić information content (AvgIpc) is 3.18. The summed E-state index contributed by atoms with van der Waals surface area (Å²) < 4.78 is 45.4. The average molecular weight is 400 g/mol. The Labute approximate surface area is 168 Å². The van der Waals surface area contributed by atoms with Crippen LogP contribution in [0.4, 0.5) is 13.2 Å². The van der Waals surface area contributed by atoms with Crippen LogP contribution >= 0.6 is 0 Å². The van der Waals surface area contributed by atoms with Crippen molar-refractivity contribution in [3.8, 4) is 5.69 Å². The summed E-state index contributed by atoms with van der Waals surface area (Å²) in [6, 6.07) is 14.4. The van der Waals surface area contributed by atoms with Crippen LogP contribution in [0.5, 0.6) is 0 Å². The molecule has 0 spiro atoms. The number of halogens is 3. The first kappa shape index (κ1) is 22.0. The first-order valence-corrected chi connectivity index (χ1v) is 9.14. The molecule has 0 amide bonds. The summed E-state index contributed by atoms with van der Waals surface area (Å²) in [5.74, 6) is 0.409. The molecule has 3 rings (SSSR count). The Bertz CT molecular complexity index is 943. The van der Waals surface area contributed by atoms with Gasteiger partial charge in [0, 0.05) is 0 Å². The molecule has 0 N–H and O–H groups in total. The molecule has 1 aromatic heterocycles. The zero-order valence-corrected chi connectivity index (χ0v) is 16.4. The van der Waals surface area contributed by atoms with Gasteiger partial charge in [-0.3, -0.25) is 0 Å². The highest BCUT2D eigenvalue weighted by molar-refractivity contribution is 5.67. The lowest BCUT2D eigenvalue weighted by atomic mass is 10.2. The van der Waals surface area contributed by atoms with Gasteiger partial charge in [0.25, 0.3) is 0 Å². The van der Waals surface area contributed by atoms with Crippen LogP contribution in [0.2, 0.25) is 0 Å². The fraction of sp³-hybridized carbons (Fsp3) is 0.174. The zero-order valence-electron chi connectivity index (χ0n) is 16.4. The van der Waals surface area contributed by atoms with E-state index in [0.29, 0.717) is 29.3 Å². The molecule has 0 aliphatic carbocycles. The summed E-state index contributed by atoms with van der Waals surface area (Å²) in [7, 11) is 0. The molecule has 2 aromatic carbocycles. The standard InChI is InChI=1S/C21H17F3N2O.C2H6/c1-3-20-19(15(2)27-14-16-7-5-4-6-8-16)13-25-26(20)18-11-9-17(10-12-18)21(22,23)24;1-2/h3-13H,1-2,14H2;1-2H3. The summed E-state index contributed by atoms with van der Waals surface area (Å²) in [5, 5.41) is 4.25. The third-order valence-corrected chi connectivity index (χ3v) is 4.00. The van der Waals surface area contributed by atoms with Gasteiger partial charge in [0.2, 0.25) is 0 Å². The van der Waals surface area contributed by atoms with E-state index >= 15 is 0 Å². The van der Waals surface area contributed by atoms with E-state index in [1.165, 1.54) is 16.8 Å². The summed E-state index contributed by atoms with van der Waals surface area (Å²) >= 11 is 0. The van der Waals surface area contributed by atoms with Gasteiger partial charge in [-0.25, -0.2) is 4.68 Å². The van der Waals surface area contributed by atoms with Crippen molar-refractivity contribution in [3.05, 3.63) is 96.3 Å². The molecule has 29 heavy (non-hydrogen) atoms. The van der Waals surface area contributed by atoms with Crippen molar-refractivity contribution in [1.82, 2.24) is 9.78 Å². The summed E-state index contributed by atoms with van der Waals surface area (Å²) in [6.45, 7) is 12.0. The first-order valence-electron chi connectivity index (χ1n) is 9.14. The second-order valence-corrected chi connectivity index (χ2v) is 5.80. The molecule has 0 bridgehead atoms. The molecule has 0 atom stereocenters. The van der Waals surface area contributed by atoms with Crippen LogP contribution in [-0.2, 0) is 17.5 Å². The van der Waals surface area contributed by atoms with Gasteiger partial charge in [-0.1, -0.05) is 57.3 Å². The second kappa shape index (κ2) is 9.78. The van der Waals surface area contributed by atoms with Gasteiger partial charge in [0.05, 0.1) is 28.7 Å². The Kier molecular flexibility index (Phi) is 7.42. The van der Waals surface area contributed by atoms with E-state index in [-0.39, 0.29) is 0 Å². The highest BCUT2D eigenvalue weighted by Crippen LogP contribution is 2.30. The third-order valence-electron chi connectivity index (χ3n) is 4.00. The second-order valence-electron chi connectivity index (χ2n) is 5.80. The Balaban J connectivity index is 0.00000145. The number of alkyl halides is 3. The van der Waals surface area contributed by atoms with E-state index < -0.39 is 11.7 Å². The lowest BCUT2D eigenvalue weighted by molar-refractivity contribution is -0.137. The van der Waals surface area contributed by atoms with Gasteiger partial charge >= 0.3 is 6.18 Å². The Morgan fingerprint density at radius 2 is 1.69 bits per heavy atom. The van der Waals surface area contributed by atoms with E-state index in [0.717, 1.165) is 17.7 Å². The Hall–Kier alpha value is -3.28. The van der Waals surface area contributed by atoms with Crippen LogP contribution in [0, 0.1) is 0 Å². The van der Waals surface area contributed by atoms with Gasteiger partial charge in [0.1, 0.15) is 12.4 Å². The van der Waals surface area contributed by atoms with Crippen molar-refractivity contribution in [1.29, 1.82) is 0 Å². The predicted molar refractivity (Wildman–Crippen MR) is 110 cm³/mol. The molecule has 0 aliphatic heterocycles. The van der Waals surface area contributed by atoms with E-state index in [1.54, 1.807) is 12.3 Å². The molecule has 3 nitrogen and oxygen atoms in total.